The summed E-state index contributed by atoms with van der Waals surface area (Å²) in [7, 11) is 0. The Morgan fingerprint density at radius 3 is 2.89 bits per heavy atom. The molecule has 1 aliphatic heterocycles. The molecule has 0 spiro atoms. The molecule has 1 amide bonds. The first-order valence-electron chi connectivity index (χ1n) is 6.83. The highest BCUT2D eigenvalue weighted by atomic mass is 16.2. The normalized spacial score (nSPS) is 19.1. The maximum atomic E-state index is 12.0. The van der Waals surface area contributed by atoms with E-state index in [2.05, 4.69) is 15.2 Å². The molecule has 104 valence electrons. The number of nitrogens with two attached hydrogens (primary N) is 1. The van der Waals surface area contributed by atoms with Crippen molar-refractivity contribution in [3.05, 3.63) is 30.1 Å². The molecule has 0 bridgehead atoms. The van der Waals surface area contributed by atoms with Gasteiger partial charge < -0.3 is 11.1 Å². The van der Waals surface area contributed by atoms with Crippen molar-refractivity contribution in [2.45, 2.75) is 31.8 Å². The maximum absolute atomic E-state index is 12.0. The zero-order valence-electron chi connectivity index (χ0n) is 11.4. The number of nitrogens with one attached hydrogen (secondary N) is 1. The topological polar surface area (TPSA) is 71.2 Å². The third-order valence-corrected chi connectivity index (χ3v) is 3.51. The summed E-state index contributed by atoms with van der Waals surface area (Å²) in [6.45, 7) is 4.22. The fourth-order valence-electron chi connectivity index (χ4n) is 2.31. The molecule has 1 aliphatic rings. The quantitative estimate of drug-likeness (QED) is 0.837. The summed E-state index contributed by atoms with van der Waals surface area (Å²) in [5, 5.41) is 2.98. The molecule has 5 heteroatoms. The molecule has 2 rings (SSSR count). The van der Waals surface area contributed by atoms with Gasteiger partial charge in [-0.05, 0) is 31.9 Å². The van der Waals surface area contributed by atoms with Gasteiger partial charge in [0.2, 0.25) is 5.91 Å². The van der Waals surface area contributed by atoms with Gasteiger partial charge in [0, 0.05) is 25.3 Å². The number of carbonyl (C=O) groups excluding carboxylic acids is 1. The van der Waals surface area contributed by atoms with Crippen LogP contribution in [0.3, 0.4) is 0 Å². The van der Waals surface area contributed by atoms with Crippen LogP contribution in [0.4, 0.5) is 0 Å². The average molecular weight is 262 g/mol. The summed E-state index contributed by atoms with van der Waals surface area (Å²) in [5.41, 5.74) is 6.73. The number of likely N-dealkylation sites (tertiary alicyclic amines) is 1. The van der Waals surface area contributed by atoms with Crippen molar-refractivity contribution in [2.24, 2.45) is 5.73 Å². The lowest BCUT2D eigenvalue weighted by atomic mass is 10.1. The highest BCUT2D eigenvalue weighted by Gasteiger charge is 2.19. The molecule has 0 saturated carbocycles. The second kappa shape index (κ2) is 6.63. The molecule has 2 heterocycles. The molecular weight excluding hydrogens is 240 g/mol. The van der Waals surface area contributed by atoms with E-state index in [1.165, 1.54) is 0 Å². The molecular formula is C14H22N4O. The minimum absolute atomic E-state index is 0.0497. The van der Waals surface area contributed by atoms with Crippen LogP contribution in [-0.4, -0.2) is 41.5 Å². The van der Waals surface area contributed by atoms with Gasteiger partial charge in [-0.25, -0.2) is 0 Å². The summed E-state index contributed by atoms with van der Waals surface area (Å²) < 4.78 is 0. The lowest BCUT2D eigenvalue weighted by Gasteiger charge is -2.29. The van der Waals surface area contributed by atoms with E-state index < -0.39 is 0 Å². The highest BCUT2D eigenvalue weighted by molar-refractivity contribution is 5.78. The average Bonchev–Trinajstić information content (AvgIpc) is 2.42. The van der Waals surface area contributed by atoms with Gasteiger partial charge in [-0.2, -0.15) is 0 Å². The van der Waals surface area contributed by atoms with Crippen molar-refractivity contribution < 1.29 is 4.79 Å². The third kappa shape index (κ3) is 4.29. The van der Waals surface area contributed by atoms with E-state index in [1.807, 2.05) is 25.1 Å². The number of rotatable bonds is 4. The summed E-state index contributed by atoms with van der Waals surface area (Å²) in [4.78, 5) is 18.4. The van der Waals surface area contributed by atoms with Crippen LogP contribution < -0.4 is 11.1 Å². The van der Waals surface area contributed by atoms with Crippen molar-refractivity contribution in [3.8, 4) is 0 Å². The minimum Gasteiger partial charge on any atom is -0.347 e. The Bertz CT molecular complexity index is 401. The van der Waals surface area contributed by atoms with Gasteiger partial charge in [-0.15, -0.1) is 0 Å². The zero-order valence-corrected chi connectivity index (χ0v) is 11.4. The summed E-state index contributed by atoms with van der Waals surface area (Å²) >= 11 is 0. The van der Waals surface area contributed by atoms with E-state index in [1.54, 1.807) is 6.20 Å². The highest BCUT2D eigenvalue weighted by Crippen LogP contribution is 2.10. The van der Waals surface area contributed by atoms with Crippen molar-refractivity contribution in [1.82, 2.24) is 15.2 Å². The Hall–Kier alpha value is -1.46. The number of nitrogens with zero attached hydrogens (tertiary/aromatic N) is 2. The number of piperidine rings is 1. The molecule has 0 aliphatic carbocycles. The molecule has 5 nitrogen and oxygen atoms in total. The summed E-state index contributed by atoms with van der Waals surface area (Å²) in [6, 6.07) is 5.96. The Balaban J connectivity index is 1.78. The molecule has 1 atom stereocenters. The van der Waals surface area contributed by atoms with E-state index in [0.717, 1.165) is 31.6 Å². The maximum Gasteiger partial charge on any atom is 0.234 e. The van der Waals surface area contributed by atoms with Gasteiger partial charge in [0.05, 0.1) is 18.3 Å². The standard InChI is InChI=1S/C14H22N4O/c1-11(13-4-2-3-7-16-13)17-14(19)10-18-8-5-12(15)6-9-18/h2-4,7,11-12H,5-6,8-10,15H2,1H3,(H,17,19). The number of hydrogen-bond donors (Lipinski definition) is 2. The lowest BCUT2D eigenvalue weighted by Crippen LogP contribution is -2.44. The molecule has 1 saturated heterocycles. The molecule has 3 N–H and O–H groups in total. The molecule has 1 unspecified atom stereocenters. The number of hydrogen-bond acceptors (Lipinski definition) is 4. The second-order valence-electron chi connectivity index (χ2n) is 5.16. The van der Waals surface area contributed by atoms with Crippen molar-refractivity contribution in [1.29, 1.82) is 0 Å². The van der Waals surface area contributed by atoms with Crippen LogP contribution in [0, 0.1) is 0 Å². The molecule has 1 aromatic rings. The Morgan fingerprint density at radius 1 is 1.53 bits per heavy atom. The smallest absolute Gasteiger partial charge is 0.234 e. The molecule has 19 heavy (non-hydrogen) atoms. The van der Waals surface area contributed by atoms with Crippen LogP contribution in [0.25, 0.3) is 0 Å². The van der Waals surface area contributed by atoms with Crippen molar-refractivity contribution in [2.75, 3.05) is 19.6 Å². The number of amides is 1. The van der Waals surface area contributed by atoms with Gasteiger partial charge in [-0.3, -0.25) is 14.7 Å². The largest absolute Gasteiger partial charge is 0.347 e. The first-order valence-corrected chi connectivity index (χ1v) is 6.83. The van der Waals surface area contributed by atoms with Gasteiger partial charge in [-0.1, -0.05) is 6.07 Å². The van der Waals surface area contributed by atoms with Crippen molar-refractivity contribution >= 4 is 5.91 Å². The summed E-state index contributed by atoms with van der Waals surface area (Å²) in [5.74, 6) is 0.0497. The van der Waals surface area contributed by atoms with E-state index in [0.29, 0.717) is 12.6 Å². The number of aromatic nitrogens is 1. The van der Waals surface area contributed by atoms with Crippen LogP contribution in [0.2, 0.25) is 0 Å². The van der Waals surface area contributed by atoms with Crippen LogP contribution >= 0.6 is 0 Å². The fraction of sp³-hybridized carbons (Fsp3) is 0.571. The molecule has 0 radical (unpaired) electrons. The van der Waals surface area contributed by atoms with Crippen LogP contribution in [0.5, 0.6) is 0 Å². The Morgan fingerprint density at radius 2 is 2.26 bits per heavy atom. The molecule has 1 aromatic heterocycles. The number of pyridine rings is 1. The molecule has 0 aromatic carbocycles. The fourth-order valence-corrected chi connectivity index (χ4v) is 2.31. The van der Waals surface area contributed by atoms with Gasteiger partial charge in [0.25, 0.3) is 0 Å². The third-order valence-electron chi connectivity index (χ3n) is 3.51. The van der Waals surface area contributed by atoms with E-state index in [9.17, 15) is 4.79 Å². The second-order valence-corrected chi connectivity index (χ2v) is 5.16. The van der Waals surface area contributed by atoms with E-state index in [-0.39, 0.29) is 11.9 Å². The van der Waals surface area contributed by atoms with Gasteiger partial charge in [0.15, 0.2) is 0 Å². The van der Waals surface area contributed by atoms with Crippen LogP contribution in [0.15, 0.2) is 24.4 Å². The van der Waals surface area contributed by atoms with Crippen molar-refractivity contribution in [3.63, 3.8) is 0 Å². The van der Waals surface area contributed by atoms with E-state index in [4.69, 9.17) is 5.73 Å². The minimum atomic E-state index is -0.0549. The first-order chi connectivity index (χ1) is 9.15. The van der Waals surface area contributed by atoms with Gasteiger partial charge >= 0.3 is 0 Å². The SMILES string of the molecule is CC(NC(=O)CN1CCC(N)CC1)c1ccccn1. The monoisotopic (exact) mass is 262 g/mol. The summed E-state index contributed by atoms with van der Waals surface area (Å²) in [6.07, 6.45) is 3.69. The van der Waals surface area contributed by atoms with E-state index >= 15 is 0 Å². The number of carbonyl (C=O) groups is 1. The van der Waals surface area contributed by atoms with Crippen LogP contribution in [0.1, 0.15) is 31.5 Å². The molecule has 1 fully saturated rings. The van der Waals surface area contributed by atoms with Gasteiger partial charge in [0.1, 0.15) is 0 Å². The predicted octanol–water partition coefficient (Wildman–Crippen LogP) is 0.682. The predicted molar refractivity (Wildman–Crippen MR) is 74.4 cm³/mol. The van der Waals surface area contributed by atoms with Crippen LogP contribution in [-0.2, 0) is 4.79 Å². The Labute approximate surface area is 114 Å². The lowest BCUT2D eigenvalue weighted by molar-refractivity contribution is -0.123. The first kappa shape index (κ1) is 14.0. The Kier molecular flexibility index (Phi) is 4.87. The zero-order chi connectivity index (χ0) is 13.7.